The number of benzene rings is 1. The first-order chi connectivity index (χ1) is 8.11. The summed E-state index contributed by atoms with van der Waals surface area (Å²) in [7, 11) is 1.50. The molecular formula is C11H13IN2O3. The van der Waals surface area contributed by atoms with Gasteiger partial charge < -0.3 is 15.2 Å². The van der Waals surface area contributed by atoms with Crippen LogP contribution < -0.4 is 15.4 Å². The zero-order valence-electron chi connectivity index (χ0n) is 9.29. The Morgan fingerprint density at radius 3 is 2.94 bits per heavy atom. The van der Waals surface area contributed by atoms with Crippen molar-refractivity contribution in [1.82, 2.24) is 10.6 Å². The third kappa shape index (κ3) is 2.63. The summed E-state index contributed by atoms with van der Waals surface area (Å²) in [5.74, 6) is 0.559. The minimum absolute atomic E-state index is 0.0239. The summed E-state index contributed by atoms with van der Waals surface area (Å²) in [5.41, 5.74) is 0.872. The summed E-state index contributed by atoms with van der Waals surface area (Å²) in [5, 5.41) is 15.8. The van der Waals surface area contributed by atoms with Crippen molar-refractivity contribution in [3.8, 4) is 11.5 Å². The predicted molar refractivity (Wildman–Crippen MR) is 70.9 cm³/mol. The second-order valence-corrected chi connectivity index (χ2v) is 4.92. The Bertz CT molecular complexity index is 451. The highest BCUT2D eigenvalue weighted by Crippen LogP contribution is 2.34. The van der Waals surface area contributed by atoms with E-state index >= 15 is 0 Å². The lowest BCUT2D eigenvalue weighted by molar-refractivity contribution is -0.123. The SMILES string of the molecule is COc1cc([C@H]2NCCC(=O)N2)cc(I)c1O. The Morgan fingerprint density at radius 1 is 1.53 bits per heavy atom. The molecule has 1 amide bonds. The van der Waals surface area contributed by atoms with Gasteiger partial charge in [-0.15, -0.1) is 0 Å². The fourth-order valence-corrected chi connectivity index (χ4v) is 2.36. The van der Waals surface area contributed by atoms with Crippen LogP contribution in [-0.2, 0) is 4.79 Å². The van der Waals surface area contributed by atoms with Gasteiger partial charge in [-0.1, -0.05) is 0 Å². The van der Waals surface area contributed by atoms with E-state index in [1.807, 2.05) is 28.7 Å². The first kappa shape index (κ1) is 12.4. The van der Waals surface area contributed by atoms with Gasteiger partial charge in [-0.25, -0.2) is 0 Å². The van der Waals surface area contributed by atoms with Crippen LogP contribution in [0.2, 0.25) is 0 Å². The number of nitrogens with one attached hydrogen (secondary N) is 2. The molecule has 5 nitrogen and oxygen atoms in total. The molecule has 1 fully saturated rings. The first-order valence-electron chi connectivity index (χ1n) is 5.21. The van der Waals surface area contributed by atoms with E-state index in [0.717, 1.165) is 5.56 Å². The number of phenols is 1. The molecule has 1 aliphatic rings. The Labute approximate surface area is 113 Å². The van der Waals surface area contributed by atoms with Crippen LogP contribution in [-0.4, -0.2) is 24.7 Å². The van der Waals surface area contributed by atoms with Crippen LogP contribution >= 0.6 is 22.6 Å². The minimum Gasteiger partial charge on any atom is -0.504 e. The predicted octanol–water partition coefficient (Wildman–Crippen LogP) is 1.11. The Kier molecular flexibility index (Phi) is 3.72. The number of halogens is 1. The fraction of sp³-hybridized carbons (Fsp3) is 0.364. The van der Waals surface area contributed by atoms with Gasteiger partial charge >= 0.3 is 0 Å². The van der Waals surface area contributed by atoms with E-state index in [1.165, 1.54) is 7.11 Å². The quantitative estimate of drug-likeness (QED) is 0.701. The van der Waals surface area contributed by atoms with E-state index in [9.17, 15) is 9.90 Å². The summed E-state index contributed by atoms with van der Waals surface area (Å²) in [6.45, 7) is 0.649. The summed E-state index contributed by atoms with van der Waals surface area (Å²) in [4.78, 5) is 11.3. The lowest BCUT2D eigenvalue weighted by Gasteiger charge is -2.25. The third-order valence-corrected chi connectivity index (χ3v) is 3.43. The summed E-state index contributed by atoms with van der Waals surface area (Å²) in [6, 6.07) is 3.54. The Balaban J connectivity index is 2.32. The van der Waals surface area contributed by atoms with Crippen molar-refractivity contribution < 1.29 is 14.6 Å². The van der Waals surface area contributed by atoms with E-state index in [1.54, 1.807) is 6.07 Å². The maximum absolute atomic E-state index is 11.3. The van der Waals surface area contributed by atoms with Crippen LogP contribution in [0, 0.1) is 3.57 Å². The van der Waals surface area contributed by atoms with Crippen LogP contribution in [0.5, 0.6) is 11.5 Å². The largest absolute Gasteiger partial charge is 0.504 e. The first-order valence-corrected chi connectivity index (χ1v) is 6.29. The van der Waals surface area contributed by atoms with Gasteiger partial charge in [0.1, 0.15) is 6.17 Å². The minimum atomic E-state index is -0.223. The van der Waals surface area contributed by atoms with Crippen molar-refractivity contribution in [3.63, 3.8) is 0 Å². The van der Waals surface area contributed by atoms with Crippen molar-refractivity contribution in [2.45, 2.75) is 12.6 Å². The molecule has 0 spiro atoms. The highest BCUT2D eigenvalue weighted by Gasteiger charge is 2.21. The van der Waals surface area contributed by atoms with Crippen LogP contribution in [0.3, 0.4) is 0 Å². The number of rotatable bonds is 2. The van der Waals surface area contributed by atoms with Crippen LogP contribution in [0.15, 0.2) is 12.1 Å². The number of carbonyl (C=O) groups excluding carboxylic acids is 1. The highest BCUT2D eigenvalue weighted by atomic mass is 127. The van der Waals surface area contributed by atoms with E-state index < -0.39 is 0 Å². The number of hydrogen-bond acceptors (Lipinski definition) is 4. The number of ether oxygens (including phenoxy) is 1. The normalized spacial score (nSPS) is 19.9. The molecule has 1 atom stereocenters. The zero-order valence-corrected chi connectivity index (χ0v) is 11.4. The molecule has 1 heterocycles. The Morgan fingerprint density at radius 2 is 2.29 bits per heavy atom. The lowest BCUT2D eigenvalue weighted by atomic mass is 10.1. The van der Waals surface area contributed by atoms with Gasteiger partial charge in [0.25, 0.3) is 0 Å². The number of phenolic OH excluding ortho intramolecular Hbond substituents is 1. The molecule has 0 unspecified atom stereocenters. The molecule has 0 aromatic heterocycles. The highest BCUT2D eigenvalue weighted by molar-refractivity contribution is 14.1. The standard InChI is InChI=1S/C11H13IN2O3/c1-17-8-5-6(4-7(12)10(8)16)11-13-3-2-9(15)14-11/h4-5,11,13,16H,2-3H2,1H3,(H,14,15)/t11-/m0/s1. The summed E-state index contributed by atoms with van der Waals surface area (Å²) >= 11 is 2.03. The average Bonchev–Trinajstić information content (AvgIpc) is 2.32. The van der Waals surface area contributed by atoms with Crippen LogP contribution in [0.1, 0.15) is 18.2 Å². The summed E-state index contributed by atoms with van der Waals surface area (Å²) in [6.07, 6.45) is 0.266. The van der Waals surface area contributed by atoms with Gasteiger partial charge in [0, 0.05) is 13.0 Å². The van der Waals surface area contributed by atoms with E-state index in [0.29, 0.717) is 22.3 Å². The number of hydrogen-bond donors (Lipinski definition) is 3. The van der Waals surface area contributed by atoms with Gasteiger partial charge in [0.2, 0.25) is 5.91 Å². The van der Waals surface area contributed by atoms with Gasteiger partial charge in [-0.2, -0.15) is 0 Å². The fourth-order valence-electron chi connectivity index (χ4n) is 1.73. The molecule has 1 saturated heterocycles. The van der Waals surface area contributed by atoms with E-state index in [4.69, 9.17) is 4.74 Å². The maximum Gasteiger partial charge on any atom is 0.222 e. The zero-order chi connectivity index (χ0) is 12.4. The molecule has 2 rings (SSSR count). The Hall–Kier alpha value is -1.02. The van der Waals surface area contributed by atoms with Crippen molar-refractivity contribution in [2.75, 3.05) is 13.7 Å². The monoisotopic (exact) mass is 348 g/mol. The molecular weight excluding hydrogens is 335 g/mol. The second-order valence-electron chi connectivity index (χ2n) is 3.76. The van der Waals surface area contributed by atoms with Crippen LogP contribution in [0.4, 0.5) is 0 Å². The molecule has 1 aliphatic heterocycles. The molecule has 0 radical (unpaired) electrons. The van der Waals surface area contributed by atoms with Crippen molar-refractivity contribution >= 4 is 28.5 Å². The number of aromatic hydroxyl groups is 1. The maximum atomic E-state index is 11.3. The number of amides is 1. The molecule has 17 heavy (non-hydrogen) atoms. The van der Waals surface area contributed by atoms with E-state index in [2.05, 4.69) is 10.6 Å². The van der Waals surface area contributed by atoms with Gasteiger partial charge in [-0.3, -0.25) is 10.1 Å². The smallest absolute Gasteiger partial charge is 0.222 e. The number of methoxy groups -OCH3 is 1. The van der Waals surface area contributed by atoms with Gasteiger partial charge in [0.05, 0.1) is 10.7 Å². The summed E-state index contributed by atoms with van der Waals surface area (Å²) < 4.78 is 5.78. The number of carbonyl (C=O) groups is 1. The van der Waals surface area contributed by atoms with Crippen molar-refractivity contribution in [3.05, 3.63) is 21.3 Å². The molecule has 92 valence electrons. The van der Waals surface area contributed by atoms with E-state index in [-0.39, 0.29) is 17.8 Å². The molecule has 1 aromatic rings. The van der Waals surface area contributed by atoms with Gasteiger partial charge in [-0.05, 0) is 40.3 Å². The third-order valence-electron chi connectivity index (χ3n) is 2.61. The second kappa shape index (κ2) is 5.09. The molecule has 0 saturated carbocycles. The van der Waals surface area contributed by atoms with Gasteiger partial charge in [0.15, 0.2) is 11.5 Å². The average molecular weight is 348 g/mol. The van der Waals surface area contributed by atoms with Crippen LogP contribution in [0.25, 0.3) is 0 Å². The molecule has 1 aromatic carbocycles. The molecule has 3 N–H and O–H groups in total. The molecule has 0 aliphatic carbocycles. The van der Waals surface area contributed by atoms with Crippen molar-refractivity contribution in [1.29, 1.82) is 0 Å². The molecule has 6 heteroatoms. The molecule has 0 bridgehead atoms. The lowest BCUT2D eigenvalue weighted by Crippen LogP contribution is -2.44. The van der Waals surface area contributed by atoms with Crippen molar-refractivity contribution in [2.24, 2.45) is 0 Å². The topological polar surface area (TPSA) is 70.6 Å².